The monoisotopic (exact) mass is 361 g/mol. The Morgan fingerprint density at radius 1 is 1.12 bits per heavy atom. The maximum absolute atomic E-state index is 14.2. The van der Waals surface area contributed by atoms with Crippen LogP contribution < -0.4 is 4.74 Å². The molecular weight excluding hydrogens is 340 g/mol. The van der Waals surface area contributed by atoms with Gasteiger partial charge in [-0.1, -0.05) is 18.2 Å². The number of hydrogen-bond donors (Lipinski definition) is 1. The van der Waals surface area contributed by atoms with Gasteiger partial charge in [0.15, 0.2) is 11.6 Å². The van der Waals surface area contributed by atoms with Gasteiger partial charge in [0.25, 0.3) is 0 Å². The highest BCUT2D eigenvalue weighted by Gasteiger charge is 2.30. The normalized spacial score (nSPS) is 17.0. The Bertz CT molecular complexity index is 771. The number of rotatable bonds is 5. The Kier molecular flexibility index (Phi) is 5.52. The van der Waals surface area contributed by atoms with Gasteiger partial charge in [0.2, 0.25) is 0 Å². The van der Waals surface area contributed by atoms with Crippen LogP contribution in [-0.2, 0) is 4.79 Å². The third-order valence-corrected chi connectivity index (χ3v) is 4.92. The zero-order chi connectivity index (χ0) is 18.7. The predicted octanol–water partition coefficient (Wildman–Crippen LogP) is 3.86. The molecule has 1 N–H and O–H groups in total. The largest absolute Gasteiger partial charge is 0.494 e. The molecule has 4 nitrogen and oxygen atoms in total. The first-order valence-corrected chi connectivity index (χ1v) is 8.55. The molecule has 2 aromatic carbocycles. The molecule has 0 saturated carbocycles. The molecule has 0 bridgehead atoms. The number of piperidine rings is 1. The Balaban J connectivity index is 1.93. The summed E-state index contributed by atoms with van der Waals surface area (Å²) in [6.45, 7) is 1.15. The van der Waals surface area contributed by atoms with Crippen LogP contribution >= 0.6 is 0 Å². The maximum atomic E-state index is 14.2. The molecule has 26 heavy (non-hydrogen) atoms. The minimum absolute atomic E-state index is 0.163. The highest BCUT2D eigenvalue weighted by atomic mass is 19.1. The number of ether oxygens (including phenoxy) is 1. The number of methoxy groups -OCH3 is 1. The van der Waals surface area contributed by atoms with Crippen molar-refractivity contribution in [3.8, 4) is 5.75 Å². The van der Waals surface area contributed by atoms with Gasteiger partial charge in [0.05, 0.1) is 19.1 Å². The lowest BCUT2D eigenvalue weighted by molar-refractivity contribution is -0.143. The molecule has 1 saturated heterocycles. The van der Waals surface area contributed by atoms with Crippen molar-refractivity contribution in [3.63, 3.8) is 0 Å². The van der Waals surface area contributed by atoms with E-state index in [0.717, 1.165) is 11.1 Å². The fourth-order valence-corrected chi connectivity index (χ4v) is 3.52. The summed E-state index contributed by atoms with van der Waals surface area (Å²) >= 11 is 0. The van der Waals surface area contributed by atoms with E-state index in [4.69, 9.17) is 4.74 Å². The molecule has 1 heterocycles. The molecule has 0 spiro atoms. The second kappa shape index (κ2) is 7.83. The Morgan fingerprint density at radius 2 is 1.73 bits per heavy atom. The molecule has 1 fully saturated rings. The lowest BCUT2D eigenvalue weighted by Crippen LogP contribution is -2.39. The molecule has 1 aliphatic heterocycles. The minimum Gasteiger partial charge on any atom is -0.494 e. The van der Waals surface area contributed by atoms with Crippen LogP contribution in [0.2, 0.25) is 0 Å². The van der Waals surface area contributed by atoms with E-state index in [0.29, 0.717) is 25.9 Å². The first kappa shape index (κ1) is 18.3. The number of carbonyl (C=O) groups is 1. The minimum atomic E-state index is -0.779. The summed E-state index contributed by atoms with van der Waals surface area (Å²) in [6, 6.07) is 10.7. The van der Waals surface area contributed by atoms with E-state index < -0.39 is 11.8 Å². The molecule has 1 unspecified atom stereocenters. The number of halogens is 2. The van der Waals surface area contributed by atoms with Crippen molar-refractivity contribution in [2.45, 2.75) is 18.9 Å². The Labute approximate surface area is 151 Å². The SMILES string of the molecule is COc1ccc(C(c2ccc(F)cc2)N2CCC(C(=O)O)CC2)cc1F. The van der Waals surface area contributed by atoms with Crippen molar-refractivity contribution < 1.29 is 23.4 Å². The Hall–Kier alpha value is -2.47. The Morgan fingerprint density at radius 3 is 2.27 bits per heavy atom. The summed E-state index contributed by atoms with van der Waals surface area (Å²) in [5.74, 6) is -1.77. The molecule has 1 aliphatic rings. The zero-order valence-corrected chi connectivity index (χ0v) is 14.5. The second-order valence-corrected chi connectivity index (χ2v) is 6.50. The molecule has 0 amide bonds. The average Bonchev–Trinajstić information content (AvgIpc) is 2.64. The smallest absolute Gasteiger partial charge is 0.306 e. The number of carboxylic acid groups (broad SMARTS) is 1. The number of nitrogens with zero attached hydrogens (tertiary/aromatic N) is 1. The fraction of sp³-hybridized carbons (Fsp3) is 0.350. The van der Waals surface area contributed by atoms with Gasteiger partial charge < -0.3 is 9.84 Å². The van der Waals surface area contributed by atoms with Crippen LogP contribution in [0, 0.1) is 17.6 Å². The third-order valence-electron chi connectivity index (χ3n) is 4.92. The van der Waals surface area contributed by atoms with E-state index in [1.165, 1.54) is 25.3 Å². The van der Waals surface area contributed by atoms with Crippen LogP contribution in [0.5, 0.6) is 5.75 Å². The van der Waals surface area contributed by atoms with E-state index in [1.807, 2.05) is 0 Å². The summed E-state index contributed by atoms with van der Waals surface area (Å²) in [6.07, 6.45) is 1.07. The lowest BCUT2D eigenvalue weighted by Gasteiger charge is -2.37. The van der Waals surface area contributed by atoms with E-state index in [9.17, 15) is 18.7 Å². The topological polar surface area (TPSA) is 49.8 Å². The summed E-state index contributed by atoms with van der Waals surface area (Å²) in [7, 11) is 1.41. The molecule has 0 aromatic heterocycles. The van der Waals surface area contributed by atoms with Crippen LogP contribution in [0.25, 0.3) is 0 Å². The lowest BCUT2D eigenvalue weighted by atomic mass is 9.91. The quantitative estimate of drug-likeness (QED) is 0.879. The van der Waals surface area contributed by atoms with E-state index in [2.05, 4.69) is 4.90 Å². The molecule has 0 aliphatic carbocycles. The number of benzene rings is 2. The van der Waals surface area contributed by atoms with Gasteiger partial charge in [-0.3, -0.25) is 9.69 Å². The van der Waals surface area contributed by atoms with Crippen LogP contribution in [-0.4, -0.2) is 36.2 Å². The summed E-state index contributed by atoms with van der Waals surface area (Å²) < 4.78 is 32.6. The van der Waals surface area contributed by atoms with Gasteiger partial charge in [0.1, 0.15) is 5.82 Å². The van der Waals surface area contributed by atoms with Crippen molar-refractivity contribution in [1.82, 2.24) is 4.90 Å². The van der Waals surface area contributed by atoms with Crippen LogP contribution in [0.15, 0.2) is 42.5 Å². The number of aliphatic carboxylic acids is 1. The summed E-state index contributed by atoms with van der Waals surface area (Å²) in [5, 5.41) is 9.20. The van der Waals surface area contributed by atoms with Crippen molar-refractivity contribution in [2.24, 2.45) is 5.92 Å². The molecule has 3 rings (SSSR count). The first-order chi connectivity index (χ1) is 12.5. The highest BCUT2D eigenvalue weighted by molar-refractivity contribution is 5.70. The second-order valence-electron chi connectivity index (χ2n) is 6.50. The molecule has 1 atom stereocenters. The highest BCUT2D eigenvalue weighted by Crippen LogP contribution is 2.34. The van der Waals surface area contributed by atoms with Crippen molar-refractivity contribution in [2.75, 3.05) is 20.2 Å². The van der Waals surface area contributed by atoms with Gasteiger partial charge in [-0.15, -0.1) is 0 Å². The van der Waals surface area contributed by atoms with Crippen molar-refractivity contribution in [1.29, 1.82) is 0 Å². The van der Waals surface area contributed by atoms with Crippen LogP contribution in [0.4, 0.5) is 8.78 Å². The van der Waals surface area contributed by atoms with E-state index in [1.54, 1.807) is 24.3 Å². The van der Waals surface area contributed by atoms with Gasteiger partial charge >= 0.3 is 5.97 Å². The van der Waals surface area contributed by atoms with Crippen molar-refractivity contribution >= 4 is 5.97 Å². The first-order valence-electron chi connectivity index (χ1n) is 8.55. The van der Waals surface area contributed by atoms with E-state index in [-0.39, 0.29) is 23.5 Å². The van der Waals surface area contributed by atoms with Gasteiger partial charge in [-0.25, -0.2) is 8.78 Å². The van der Waals surface area contributed by atoms with Gasteiger partial charge in [-0.05, 0) is 61.3 Å². The fourth-order valence-electron chi connectivity index (χ4n) is 3.52. The molecule has 2 aromatic rings. The third kappa shape index (κ3) is 3.85. The molecule has 0 radical (unpaired) electrons. The number of hydrogen-bond acceptors (Lipinski definition) is 3. The average molecular weight is 361 g/mol. The van der Waals surface area contributed by atoms with Crippen LogP contribution in [0.1, 0.15) is 30.0 Å². The molecular formula is C20H21F2NO3. The number of likely N-dealkylation sites (tertiary alicyclic amines) is 1. The maximum Gasteiger partial charge on any atom is 0.306 e. The predicted molar refractivity (Wildman–Crippen MR) is 93.1 cm³/mol. The molecule has 138 valence electrons. The standard InChI is InChI=1S/C20H21F2NO3/c1-26-18-7-4-15(12-17(18)22)19(13-2-5-16(21)6-3-13)23-10-8-14(9-11-23)20(24)25/h2-7,12,14,19H,8-11H2,1H3,(H,24,25). The van der Waals surface area contributed by atoms with Gasteiger partial charge in [-0.2, -0.15) is 0 Å². The summed E-state index contributed by atoms with van der Waals surface area (Å²) in [4.78, 5) is 13.3. The van der Waals surface area contributed by atoms with Crippen LogP contribution in [0.3, 0.4) is 0 Å². The summed E-state index contributed by atoms with van der Waals surface area (Å²) in [5.41, 5.74) is 1.56. The van der Waals surface area contributed by atoms with Gasteiger partial charge in [0, 0.05) is 0 Å². The molecule has 6 heteroatoms. The van der Waals surface area contributed by atoms with E-state index >= 15 is 0 Å². The number of carboxylic acids is 1. The zero-order valence-electron chi connectivity index (χ0n) is 14.5. The van der Waals surface area contributed by atoms with Crippen molar-refractivity contribution in [3.05, 3.63) is 65.2 Å².